The zero-order valence-electron chi connectivity index (χ0n) is 9.57. The molecule has 0 fully saturated rings. The largest absolute Gasteiger partial charge is 0.496 e. The topological polar surface area (TPSA) is 34.4 Å². The molecule has 1 N–H and O–H groups in total. The minimum Gasteiger partial charge on any atom is -0.496 e. The van der Waals surface area contributed by atoms with E-state index in [0.717, 1.165) is 17.1 Å². The van der Waals surface area contributed by atoms with E-state index in [1.807, 2.05) is 30.3 Å². The van der Waals surface area contributed by atoms with Gasteiger partial charge in [-0.2, -0.15) is 0 Å². The van der Waals surface area contributed by atoms with Gasteiger partial charge < -0.3 is 14.5 Å². The van der Waals surface area contributed by atoms with Crippen molar-refractivity contribution in [3.63, 3.8) is 0 Å². The summed E-state index contributed by atoms with van der Waals surface area (Å²) in [6, 6.07) is 9.39. The summed E-state index contributed by atoms with van der Waals surface area (Å²) in [6.07, 6.45) is 1.66. The summed E-state index contributed by atoms with van der Waals surface area (Å²) < 4.78 is 10.5. The highest BCUT2D eigenvalue weighted by atomic mass is 35.5. The quantitative estimate of drug-likeness (QED) is 0.886. The zero-order chi connectivity index (χ0) is 12.1. The maximum absolute atomic E-state index is 5.95. The molecule has 0 atom stereocenters. The number of nitrogens with one attached hydrogen (secondary N) is 1. The molecule has 17 heavy (non-hydrogen) atoms. The van der Waals surface area contributed by atoms with Gasteiger partial charge >= 0.3 is 0 Å². The Morgan fingerprint density at radius 2 is 2.18 bits per heavy atom. The second kappa shape index (κ2) is 5.75. The van der Waals surface area contributed by atoms with Crippen molar-refractivity contribution in [2.24, 2.45) is 0 Å². The molecule has 0 unspecified atom stereocenters. The van der Waals surface area contributed by atoms with E-state index in [0.29, 0.717) is 18.1 Å². The van der Waals surface area contributed by atoms with E-state index in [2.05, 4.69) is 5.32 Å². The summed E-state index contributed by atoms with van der Waals surface area (Å²) in [6.45, 7) is 1.37. The van der Waals surface area contributed by atoms with Gasteiger partial charge in [-0.1, -0.05) is 11.6 Å². The van der Waals surface area contributed by atoms with Gasteiger partial charge in [-0.3, -0.25) is 0 Å². The Morgan fingerprint density at radius 3 is 2.88 bits per heavy atom. The Balaban J connectivity index is 1.96. The third-order valence-electron chi connectivity index (χ3n) is 2.44. The molecule has 0 aliphatic heterocycles. The predicted octanol–water partition coefficient (Wildman–Crippen LogP) is 3.23. The monoisotopic (exact) mass is 251 g/mol. The Labute approximate surface area is 105 Å². The fourth-order valence-corrected chi connectivity index (χ4v) is 1.81. The molecule has 0 aliphatic carbocycles. The normalized spacial score (nSPS) is 10.5. The minimum atomic E-state index is 0.683. The summed E-state index contributed by atoms with van der Waals surface area (Å²) >= 11 is 5.95. The van der Waals surface area contributed by atoms with Crippen molar-refractivity contribution < 1.29 is 9.15 Å². The number of rotatable bonds is 5. The van der Waals surface area contributed by atoms with Crippen molar-refractivity contribution in [3.05, 3.63) is 52.9 Å². The highest BCUT2D eigenvalue weighted by molar-refractivity contribution is 6.30. The number of hydrogen-bond acceptors (Lipinski definition) is 3. The summed E-state index contributed by atoms with van der Waals surface area (Å²) in [7, 11) is 1.65. The Hall–Kier alpha value is -1.45. The van der Waals surface area contributed by atoms with E-state index in [1.54, 1.807) is 13.4 Å². The molecule has 1 aromatic carbocycles. The minimum absolute atomic E-state index is 0.683. The Kier molecular flexibility index (Phi) is 4.07. The van der Waals surface area contributed by atoms with Crippen molar-refractivity contribution in [2.45, 2.75) is 13.1 Å². The van der Waals surface area contributed by atoms with E-state index >= 15 is 0 Å². The first-order chi connectivity index (χ1) is 8.29. The molecular formula is C13H14ClNO2. The lowest BCUT2D eigenvalue weighted by molar-refractivity contribution is 0.406. The van der Waals surface area contributed by atoms with E-state index in [9.17, 15) is 0 Å². The highest BCUT2D eigenvalue weighted by Crippen LogP contribution is 2.22. The van der Waals surface area contributed by atoms with Crippen LogP contribution in [0.15, 0.2) is 41.0 Å². The summed E-state index contributed by atoms with van der Waals surface area (Å²) in [4.78, 5) is 0. The van der Waals surface area contributed by atoms with E-state index in [-0.39, 0.29) is 0 Å². The highest BCUT2D eigenvalue weighted by Gasteiger charge is 2.03. The molecular weight excluding hydrogens is 238 g/mol. The van der Waals surface area contributed by atoms with E-state index < -0.39 is 0 Å². The lowest BCUT2D eigenvalue weighted by Gasteiger charge is -2.09. The first kappa shape index (κ1) is 12.0. The number of benzene rings is 1. The SMILES string of the molecule is COc1ccc(Cl)cc1CNCc1ccco1. The van der Waals surface area contributed by atoms with Crippen LogP contribution in [-0.2, 0) is 13.1 Å². The van der Waals surface area contributed by atoms with Crippen LogP contribution in [0.25, 0.3) is 0 Å². The number of halogens is 1. The van der Waals surface area contributed by atoms with Crippen molar-refractivity contribution >= 4 is 11.6 Å². The van der Waals surface area contributed by atoms with Crippen molar-refractivity contribution in [1.29, 1.82) is 0 Å². The van der Waals surface area contributed by atoms with Gasteiger partial charge in [0.05, 0.1) is 19.9 Å². The summed E-state index contributed by atoms with van der Waals surface area (Å²) in [5.74, 6) is 1.74. The first-order valence-electron chi connectivity index (χ1n) is 5.35. The van der Waals surface area contributed by atoms with E-state index in [1.165, 1.54) is 0 Å². The predicted molar refractivity (Wildman–Crippen MR) is 67.3 cm³/mol. The average molecular weight is 252 g/mol. The molecule has 0 aliphatic rings. The molecule has 2 rings (SSSR count). The van der Waals surface area contributed by atoms with Gasteiger partial charge in [0.15, 0.2) is 0 Å². The molecule has 90 valence electrons. The molecule has 0 saturated carbocycles. The van der Waals surface area contributed by atoms with Crippen molar-refractivity contribution in [1.82, 2.24) is 5.32 Å². The molecule has 0 bridgehead atoms. The number of ether oxygens (including phenoxy) is 1. The molecule has 1 aromatic heterocycles. The van der Waals surface area contributed by atoms with Gasteiger partial charge in [0.25, 0.3) is 0 Å². The van der Waals surface area contributed by atoms with Crippen LogP contribution in [0.1, 0.15) is 11.3 Å². The average Bonchev–Trinajstić information content (AvgIpc) is 2.82. The van der Waals surface area contributed by atoms with Crippen LogP contribution >= 0.6 is 11.6 Å². The van der Waals surface area contributed by atoms with Gasteiger partial charge in [-0.05, 0) is 30.3 Å². The van der Waals surface area contributed by atoms with Crippen molar-refractivity contribution in [3.8, 4) is 5.75 Å². The van der Waals surface area contributed by atoms with Gasteiger partial charge in [0.1, 0.15) is 11.5 Å². The lowest BCUT2D eigenvalue weighted by atomic mass is 10.2. The Bertz CT molecular complexity index is 468. The number of furan rings is 1. The van der Waals surface area contributed by atoms with Gasteiger partial charge in [-0.25, -0.2) is 0 Å². The second-order valence-electron chi connectivity index (χ2n) is 3.64. The van der Waals surface area contributed by atoms with E-state index in [4.69, 9.17) is 20.8 Å². The number of methoxy groups -OCH3 is 1. The van der Waals surface area contributed by atoms with Crippen molar-refractivity contribution in [2.75, 3.05) is 7.11 Å². The van der Waals surface area contributed by atoms with Gasteiger partial charge in [0, 0.05) is 17.1 Å². The third kappa shape index (κ3) is 3.25. The molecule has 0 spiro atoms. The summed E-state index contributed by atoms with van der Waals surface area (Å²) in [5.41, 5.74) is 1.03. The maximum Gasteiger partial charge on any atom is 0.123 e. The molecule has 1 heterocycles. The molecule has 0 saturated heterocycles. The van der Waals surface area contributed by atoms with Crippen LogP contribution in [-0.4, -0.2) is 7.11 Å². The first-order valence-corrected chi connectivity index (χ1v) is 5.73. The lowest BCUT2D eigenvalue weighted by Crippen LogP contribution is -2.12. The van der Waals surface area contributed by atoms with Crippen LogP contribution in [0.2, 0.25) is 5.02 Å². The Morgan fingerprint density at radius 1 is 1.29 bits per heavy atom. The van der Waals surface area contributed by atoms with Crippen LogP contribution in [0.4, 0.5) is 0 Å². The second-order valence-corrected chi connectivity index (χ2v) is 4.08. The fraction of sp³-hybridized carbons (Fsp3) is 0.231. The maximum atomic E-state index is 5.95. The van der Waals surface area contributed by atoms with Crippen LogP contribution < -0.4 is 10.1 Å². The molecule has 4 heteroatoms. The standard InChI is InChI=1S/C13H14ClNO2/c1-16-13-5-4-11(14)7-10(13)8-15-9-12-3-2-6-17-12/h2-7,15H,8-9H2,1H3. The fourth-order valence-electron chi connectivity index (χ4n) is 1.62. The molecule has 3 nitrogen and oxygen atoms in total. The summed E-state index contributed by atoms with van der Waals surface area (Å²) in [5, 5.41) is 3.98. The third-order valence-corrected chi connectivity index (χ3v) is 2.67. The van der Waals surface area contributed by atoms with Crippen LogP contribution in [0.3, 0.4) is 0 Å². The van der Waals surface area contributed by atoms with Crippen LogP contribution in [0.5, 0.6) is 5.75 Å². The van der Waals surface area contributed by atoms with Gasteiger partial charge in [0.2, 0.25) is 0 Å². The molecule has 2 aromatic rings. The van der Waals surface area contributed by atoms with Crippen LogP contribution in [0, 0.1) is 0 Å². The molecule has 0 radical (unpaired) electrons. The number of hydrogen-bond donors (Lipinski definition) is 1. The van der Waals surface area contributed by atoms with Gasteiger partial charge in [-0.15, -0.1) is 0 Å². The smallest absolute Gasteiger partial charge is 0.123 e. The zero-order valence-corrected chi connectivity index (χ0v) is 10.3. The molecule has 0 amide bonds.